The Hall–Kier alpha value is -2.80. The number of amides is 1. The van der Waals surface area contributed by atoms with Crippen molar-refractivity contribution in [2.45, 2.75) is 0 Å². The van der Waals surface area contributed by atoms with E-state index in [1.54, 1.807) is 36.4 Å². The Bertz CT molecular complexity index is 883. The molecule has 5 N–H and O–H groups in total. The van der Waals surface area contributed by atoms with Gasteiger partial charge in [-0.15, -0.1) is 0 Å². The van der Waals surface area contributed by atoms with Gasteiger partial charge in [-0.05, 0) is 47.2 Å². The van der Waals surface area contributed by atoms with Crippen molar-refractivity contribution in [2.24, 2.45) is 10.7 Å². The Morgan fingerprint density at radius 1 is 1.18 bits per heavy atom. The topological polar surface area (TPSA) is 114 Å². The Morgan fingerprint density at radius 2 is 2.00 bits per heavy atom. The van der Waals surface area contributed by atoms with Gasteiger partial charge in [0.25, 0.3) is 11.5 Å². The largest absolute Gasteiger partial charge is 0.399 e. The molecule has 1 amide bonds. The highest BCUT2D eigenvalue weighted by Crippen LogP contribution is 2.27. The number of benzene rings is 1. The summed E-state index contributed by atoms with van der Waals surface area (Å²) in [7, 11) is 0. The second-order valence-electron chi connectivity index (χ2n) is 4.67. The summed E-state index contributed by atoms with van der Waals surface area (Å²) in [5.74, 6) is -0.376. The van der Waals surface area contributed by atoms with Gasteiger partial charge in [-0.2, -0.15) is 4.99 Å². The first-order chi connectivity index (χ1) is 10.5. The molecule has 2 aromatic rings. The smallest absolute Gasteiger partial charge is 0.286 e. The maximum Gasteiger partial charge on any atom is 0.286 e. The summed E-state index contributed by atoms with van der Waals surface area (Å²) >= 11 is 1.10. The number of H-pyrrole nitrogens is 1. The fourth-order valence-electron chi connectivity index (χ4n) is 2.08. The molecule has 2 heterocycles. The fourth-order valence-corrected chi connectivity index (χ4v) is 2.76. The molecule has 110 valence electrons. The number of hydrogen-bond donors (Lipinski definition) is 3. The number of nitrogens with zero attached hydrogens (tertiary/aromatic N) is 1. The number of hydrogen-bond acceptors (Lipinski definition) is 5. The highest BCUT2D eigenvalue weighted by molar-refractivity contribution is 8.18. The van der Waals surface area contributed by atoms with E-state index in [0.717, 1.165) is 11.8 Å². The molecule has 6 nitrogen and oxygen atoms in total. The Balaban J connectivity index is 2.03. The van der Waals surface area contributed by atoms with Gasteiger partial charge in [-0.1, -0.05) is 12.1 Å². The number of carbonyl (C=O) groups excluding carboxylic acids is 1. The van der Waals surface area contributed by atoms with E-state index in [0.29, 0.717) is 27.3 Å². The molecule has 22 heavy (non-hydrogen) atoms. The normalized spacial score (nSPS) is 16.1. The van der Waals surface area contributed by atoms with Crippen LogP contribution in [0.25, 0.3) is 17.2 Å². The molecule has 1 aliphatic heterocycles. The van der Waals surface area contributed by atoms with Gasteiger partial charge in [0.1, 0.15) is 0 Å². The number of nitrogen functional groups attached to an aromatic ring is 1. The van der Waals surface area contributed by atoms with Crippen LogP contribution < -0.4 is 17.0 Å². The lowest BCUT2D eigenvalue weighted by molar-refractivity contribution is -0.113. The molecule has 0 fully saturated rings. The zero-order valence-corrected chi connectivity index (χ0v) is 12.2. The zero-order chi connectivity index (χ0) is 15.7. The number of aromatic amines is 1. The van der Waals surface area contributed by atoms with Crippen molar-refractivity contribution in [3.8, 4) is 11.1 Å². The zero-order valence-electron chi connectivity index (χ0n) is 11.4. The average molecular weight is 312 g/mol. The van der Waals surface area contributed by atoms with Gasteiger partial charge in [-0.25, -0.2) is 0 Å². The lowest BCUT2D eigenvalue weighted by Gasteiger charge is -2.04. The maximum absolute atomic E-state index is 12.0. The second-order valence-corrected chi connectivity index (χ2v) is 5.73. The molecule has 1 aromatic carbocycles. The Kier molecular flexibility index (Phi) is 3.56. The van der Waals surface area contributed by atoms with Crippen LogP contribution in [-0.4, -0.2) is 16.1 Å². The molecule has 1 aliphatic rings. The number of carbonyl (C=O) groups is 1. The molecular weight excluding hydrogens is 300 g/mol. The number of aromatic nitrogens is 1. The second kappa shape index (κ2) is 5.53. The maximum atomic E-state index is 12.0. The van der Waals surface area contributed by atoms with E-state index in [2.05, 4.69) is 9.98 Å². The SMILES string of the molecule is NC1=NC(=O)/C(=C\c2c[nH]c(=O)c(-c3cccc(N)c3)c2)S1. The van der Waals surface area contributed by atoms with Gasteiger partial charge < -0.3 is 16.5 Å². The van der Waals surface area contributed by atoms with Crippen molar-refractivity contribution in [1.82, 2.24) is 4.98 Å². The van der Waals surface area contributed by atoms with E-state index < -0.39 is 0 Å². The number of thioether (sulfide) groups is 1. The number of pyridine rings is 1. The third-order valence-corrected chi connectivity index (χ3v) is 3.87. The molecule has 3 rings (SSSR count). The van der Waals surface area contributed by atoms with Crippen molar-refractivity contribution in [1.29, 1.82) is 0 Å². The summed E-state index contributed by atoms with van der Waals surface area (Å²) in [5, 5.41) is 0.219. The van der Waals surface area contributed by atoms with Crippen LogP contribution in [0.15, 0.2) is 51.2 Å². The number of nitrogens with two attached hydrogens (primary N) is 2. The Morgan fingerprint density at radius 3 is 2.68 bits per heavy atom. The van der Waals surface area contributed by atoms with Crippen LogP contribution in [0.5, 0.6) is 0 Å². The number of nitrogens with one attached hydrogen (secondary N) is 1. The van der Waals surface area contributed by atoms with Crippen LogP contribution in [0.4, 0.5) is 5.69 Å². The molecule has 0 aliphatic carbocycles. The minimum absolute atomic E-state index is 0.219. The van der Waals surface area contributed by atoms with Crippen molar-refractivity contribution in [3.05, 3.63) is 57.4 Å². The third kappa shape index (κ3) is 2.79. The number of aliphatic imine (C=N–C) groups is 1. The first kappa shape index (κ1) is 14.2. The van der Waals surface area contributed by atoms with Crippen LogP contribution in [0.3, 0.4) is 0 Å². The quantitative estimate of drug-likeness (QED) is 0.575. The van der Waals surface area contributed by atoms with Crippen LogP contribution in [0.2, 0.25) is 0 Å². The van der Waals surface area contributed by atoms with Crippen molar-refractivity contribution in [3.63, 3.8) is 0 Å². The average Bonchev–Trinajstić information content (AvgIpc) is 2.79. The standard InChI is InChI=1S/C15H12N4O2S/c16-10-3-1-2-9(6-10)11-4-8(7-18-13(11)20)5-12-14(21)19-15(17)22-12/h1-7H,16H2,(H,18,20)(H2,17,19,21)/b12-5+. The van der Waals surface area contributed by atoms with E-state index in [-0.39, 0.29) is 16.6 Å². The van der Waals surface area contributed by atoms with Gasteiger partial charge in [0.2, 0.25) is 0 Å². The van der Waals surface area contributed by atoms with Crippen molar-refractivity contribution >= 4 is 34.6 Å². The first-order valence-electron chi connectivity index (χ1n) is 6.39. The summed E-state index contributed by atoms with van der Waals surface area (Å²) in [6.45, 7) is 0. The summed E-state index contributed by atoms with van der Waals surface area (Å²) in [6, 6.07) is 8.74. The van der Waals surface area contributed by atoms with Crippen molar-refractivity contribution < 1.29 is 4.79 Å². The molecule has 0 atom stereocenters. The van der Waals surface area contributed by atoms with Crippen LogP contribution in [0, 0.1) is 0 Å². The summed E-state index contributed by atoms with van der Waals surface area (Å²) in [6.07, 6.45) is 3.18. The molecule has 0 saturated carbocycles. The van der Waals surface area contributed by atoms with E-state index in [4.69, 9.17) is 11.5 Å². The van der Waals surface area contributed by atoms with E-state index in [9.17, 15) is 9.59 Å². The molecule has 0 spiro atoms. The minimum atomic E-state index is -0.376. The van der Waals surface area contributed by atoms with E-state index in [1.807, 2.05) is 0 Å². The monoisotopic (exact) mass is 312 g/mol. The minimum Gasteiger partial charge on any atom is -0.399 e. The molecule has 0 radical (unpaired) electrons. The van der Waals surface area contributed by atoms with Gasteiger partial charge in [0.05, 0.1) is 4.91 Å². The third-order valence-electron chi connectivity index (χ3n) is 3.06. The number of anilines is 1. The summed E-state index contributed by atoms with van der Waals surface area (Å²) in [5.41, 5.74) is 13.5. The molecule has 0 bridgehead atoms. The summed E-state index contributed by atoms with van der Waals surface area (Å²) < 4.78 is 0. The number of amidine groups is 1. The summed E-state index contributed by atoms with van der Waals surface area (Å²) in [4.78, 5) is 30.3. The van der Waals surface area contributed by atoms with Gasteiger partial charge in [0.15, 0.2) is 5.17 Å². The predicted molar refractivity (Wildman–Crippen MR) is 89.1 cm³/mol. The highest BCUT2D eigenvalue weighted by atomic mass is 32.2. The van der Waals surface area contributed by atoms with Crippen molar-refractivity contribution in [2.75, 3.05) is 5.73 Å². The van der Waals surface area contributed by atoms with E-state index >= 15 is 0 Å². The lowest BCUT2D eigenvalue weighted by atomic mass is 10.0. The van der Waals surface area contributed by atoms with Gasteiger partial charge in [0, 0.05) is 17.4 Å². The van der Waals surface area contributed by atoms with Gasteiger partial charge in [-0.3, -0.25) is 9.59 Å². The first-order valence-corrected chi connectivity index (χ1v) is 7.21. The van der Waals surface area contributed by atoms with Crippen LogP contribution >= 0.6 is 11.8 Å². The van der Waals surface area contributed by atoms with E-state index in [1.165, 1.54) is 6.20 Å². The predicted octanol–water partition coefficient (Wildman–Crippen LogP) is 1.55. The molecule has 1 aromatic heterocycles. The fraction of sp³-hybridized carbons (Fsp3) is 0. The Labute approximate surface area is 129 Å². The van der Waals surface area contributed by atoms with Crippen LogP contribution in [-0.2, 0) is 4.79 Å². The molecular formula is C15H12N4O2S. The molecule has 0 unspecified atom stereocenters. The lowest BCUT2D eigenvalue weighted by Crippen LogP contribution is -2.08. The highest BCUT2D eigenvalue weighted by Gasteiger charge is 2.19. The number of rotatable bonds is 2. The van der Waals surface area contributed by atoms with Crippen LogP contribution in [0.1, 0.15) is 5.56 Å². The molecule has 7 heteroatoms. The molecule has 0 saturated heterocycles. The van der Waals surface area contributed by atoms with Gasteiger partial charge >= 0.3 is 0 Å².